The number of nitrogens with zero attached hydrogens (tertiary/aromatic N) is 2. The zero-order valence-electron chi connectivity index (χ0n) is 16.6. The Morgan fingerprint density at radius 2 is 2.07 bits per heavy atom. The van der Waals surface area contributed by atoms with Gasteiger partial charge in [0, 0.05) is 37.8 Å². The Labute approximate surface area is 189 Å². The molecular formula is C19H30ClIN4O3. The van der Waals surface area contributed by atoms with Crippen LogP contribution in [0.4, 0.5) is 4.79 Å². The topological polar surface area (TPSA) is 75.2 Å². The van der Waals surface area contributed by atoms with Crippen molar-refractivity contribution in [3.63, 3.8) is 0 Å². The Bertz CT molecular complexity index is 639. The van der Waals surface area contributed by atoms with Gasteiger partial charge in [-0.3, -0.25) is 4.99 Å². The first-order chi connectivity index (χ1) is 13.1. The molecule has 0 bridgehead atoms. The number of hydrogen-bond donors (Lipinski definition) is 2. The molecule has 28 heavy (non-hydrogen) atoms. The molecule has 1 amide bonds. The number of ether oxygens (including phenoxy) is 2. The first-order valence-corrected chi connectivity index (χ1v) is 9.61. The van der Waals surface area contributed by atoms with Crippen LogP contribution in [0.1, 0.15) is 31.4 Å². The van der Waals surface area contributed by atoms with Crippen LogP contribution in [0.2, 0.25) is 5.02 Å². The number of likely N-dealkylation sites (tertiary alicyclic amines) is 1. The minimum Gasteiger partial charge on any atom is -0.453 e. The number of rotatable bonds is 6. The number of halogens is 2. The molecule has 1 saturated heterocycles. The van der Waals surface area contributed by atoms with Gasteiger partial charge in [-0.05, 0) is 37.5 Å². The SMILES string of the molecule is CCNC(=NCC(OC)c1cccc(Cl)c1)NC1CCN(C(=O)OC)CC1.I. The molecule has 2 rings (SSSR count). The predicted octanol–water partition coefficient (Wildman–Crippen LogP) is 3.43. The summed E-state index contributed by atoms with van der Waals surface area (Å²) in [6.07, 6.45) is 1.27. The molecule has 0 saturated carbocycles. The van der Waals surface area contributed by atoms with E-state index in [2.05, 4.69) is 15.6 Å². The minimum atomic E-state index is -0.265. The van der Waals surface area contributed by atoms with Crippen LogP contribution >= 0.6 is 35.6 Å². The van der Waals surface area contributed by atoms with E-state index in [1.807, 2.05) is 31.2 Å². The molecule has 0 radical (unpaired) electrons. The van der Waals surface area contributed by atoms with Gasteiger partial charge in [0.15, 0.2) is 5.96 Å². The number of hydrogen-bond acceptors (Lipinski definition) is 4. The summed E-state index contributed by atoms with van der Waals surface area (Å²) in [5.74, 6) is 0.748. The number of guanidine groups is 1. The maximum Gasteiger partial charge on any atom is 0.409 e. The zero-order valence-corrected chi connectivity index (χ0v) is 19.7. The van der Waals surface area contributed by atoms with Crippen molar-refractivity contribution >= 4 is 47.6 Å². The fraction of sp³-hybridized carbons (Fsp3) is 0.579. The number of methoxy groups -OCH3 is 2. The lowest BCUT2D eigenvalue weighted by molar-refractivity contribution is 0.109. The van der Waals surface area contributed by atoms with Crippen LogP contribution in [0, 0.1) is 0 Å². The highest BCUT2D eigenvalue weighted by molar-refractivity contribution is 14.0. The second kappa shape index (κ2) is 13.1. The molecule has 1 fully saturated rings. The summed E-state index contributed by atoms with van der Waals surface area (Å²) in [6, 6.07) is 7.89. The molecule has 1 unspecified atom stereocenters. The fourth-order valence-corrected chi connectivity index (χ4v) is 3.24. The Morgan fingerprint density at radius 3 is 2.64 bits per heavy atom. The van der Waals surface area contributed by atoms with Crippen molar-refractivity contribution in [1.82, 2.24) is 15.5 Å². The van der Waals surface area contributed by atoms with Gasteiger partial charge in [-0.15, -0.1) is 24.0 Å². The van der Waals surface area contributed by atoms with Gasteiger partial charge in [0.2, 0.25) is 0 Å². The van der Waals surface area contributed by atoms with Gasteiger partial charge in [-0.2, -0.15) is 0 Å². The van der Waals surface area contributed by atoms with E-state index in [-0.39, 0.29) is 42.2 Å². The summed E-state index contributed by atoms with van der Waals surface area (Å²) in [6.45, 7) is 4.62. The zero-order chi connectivity index (χ0) is 19.6. The van der Waals surface area contributed by atoms with E-state index in [1.54, 1.807) is 12.0 Å². The summed E-state index contributed by atoms with van der Waals surface area (Å²) in [5, 5.41) is 7.41. The highest BCUT2D eigenvalue weighted by Crippen LogP contribution is 2.20. The summed E-state index contributed by atoms with van der Waals surface area (Å²) in [5.41, 5.74) is 0.996. The molecular weight excluding hydrogens is 495 g/mol. The molecule has 1 aromatic rings. The molecule has 7 nitrogen and oxygen atoms in total. The van der Waals surface area contributed by atoms with Gasteiger partial charge in [-0.25, -0.2) is 4.79 Å². The molecule has 0 spiro atoms. The third kappa shape index (κ3) is 7.63. The molecule has 9 heteroatoms. The van der Waals surface area contributed by atoms with Crippen LogP contribution < -0.4 is 10.6 Å². The predicted molar refractivity (Wildman–Crippen MR) is 123 cm³/mol. The third-order valence-electron chi connectivity index (χ3n) is 4.53. The standard InChI is InChI=1S/C19H29ClN4O3.HI/c1-4-21-18(23-16-8-10-24(11-9-16)19(25)27-3)22-13-17(26-2)14-6-5-7-15(20)12-14;/h5-7,12,16-17H,4,8-11,13H2,1-3H3,(H2,21,22,23);1H. The van der Waals surface area contributed by atoms with Crippen molar-refractivity contribution < 1.29 is 14.3 Å². The summed E-state index contributed by atoms with van der Waals surface area (Å²) >= 11 is 6.08. The molecule has 0 aromatic heterocycles. The van der Waals surface area contributed by atoms with Crippen molar-refractivity contribution in [1.29, 1.82) is 0 Å². The second-order valence-corrected chi connectivity index (χ2v) is 6.81. The van der Waals surface area contributed by atoms with Crippen LogP contribution in [-0.2, 0) is 9.47 Å². The lowest BCUT2D eigenvalue weighted by Crippen LogP contribution is -2.49. The number of benzene rings is 1. The Morgan fingerprint density at radius 1 is 1.36 bits per heavy atom. The second-order valence-electron chi connectivity index (χ2n) is 6.37. The fourth-order valence-electron chi connectivity index (χ4n) is 3.05. The summed E-state index contributed by atoms with van der Waals surface area (Å²) < 4.78 is 10.4. The van der Waals surface area contributed by atoms with Crippen LogP contribution in [0.25, 0.3) is 0 Å². The van der Waals surface area contributed by atoms with Gasteiger partial charge < -0.3 is 25.0 Å². The lowest BCUT2D eigenvalue weighted by atomic mass is 10.1. The smallest absolute Gasteiger partial charge is 0.409 e. The van der Waals surface area contributed by atoms with E-state index in [1.165, 1.54) is 7.11 Å². The summed E-state index contributed by atoms with van der Waals surface area (Å²) in [4.78, 5) is 18.0. The van der Waals surface area contributed by atoms with E-state index in [4.69, 9.17) is 21.1 Å². The van der Waals surface area contributed by atoms with E-state index in [0.717, 1.165) is 30.9 Å². The van der Waals surface area contributed by atoms with Crippen LogP contribution in [0.5, 0.6) is 0 Å². The van der Waals surface area contributed by atoms with Crippen molar-refractivity contribution in [2.24, 2.45) is 4.99 Å². The Hall–Kier alpha value is -1.26. The van der Waals surface area contributed by atoms with Crippen molar-refractivity contribution in [3.05, 3.63) is 34.9 Å². The van der Waals surface area contributed by atoms with Gasteiger partial charge in [0.05, 0.1) is 13.7 Å². The number of carbonyl (C=O) groups excluding carboxylic acids is 1. The molecule has 1 aliphatic rings. The van der Waals surface area contributed by atoms with Crippen LogP contribution in [0.15, 0.2) is 29.3 Å². The molecule has 1 aromatic carbocycles. The largest absolute Gasteiger partial charge is 0.453 e. The molecule has 158 valence electrons. The summed E-state index contributed by atoms with van der Waals surface area (Å²) in [7, 11) is 3.08. The number of amides is 1. The quantitative estimate of drug-likeness (QED) is 0.339. The minimum absolute atomic E-state index is 0. The van der Waals surface area contributed by atoms with Gasteiger partial charge >= 0.3 is 6.09 Å². The lowest BCUT2D eigenvalue weighted by Gasteiger charge is -2.32. The number of aliphatic imine (C=N–C) groups is 1. The van der Waals surface area contributed by atoms with Crippen molar-refractivity contribution in [3.8, 4) is 0 Å². The monoisotopic (exact) mass is 524 g/mol. The average molecular weight is 525 g/mol. The molecule has 1 atom stereocenters. The number of carbonyl (C=O) groups is 1. The van der Waals surface area contributed by atoms with E-state index in [0.29, 0.717) is 24.7 Å². The third-order valence-corrected chi connectivity index (χ3v) is 4.77. The maximum absolute atomic E-state index is 11.6. The van der Waals surface area contributed by atoms with Crippen molar-refractivity contribution in [2.45, 2.75) is 31.9 Å². The molecule has 1 heterocycles. The van der Waals surface area contributed by atoms with Gasteiger partial charge in [0.1, 0.15) is 6.10 Å². The Balaban J connectivity index is 0.00000392. The van der Waals surface area contributed by atoms with Gasteiger partial charge in [-0.1, -0.05) is 23.7 Å². The van der Waals surface area contributed by atoms with Gasteiger partial charge in [0.25, 0.3) is 0 Å². The average Bonchev–Trinajstić information content (AvgIpc) is 2.68. The van der Waals surface area contributed by atoms with Crippen LogP contribution in [0.3, 0.4) is 0 Å². The van der Waals surface area contributed by atoms with Crippen LogP contribution in [-0.4, -0.2) is 63.4 Å². The first kappa shape index (κ1) is 24.8. The number of piperidine rings is 1. The van der Waals surface area contributed by atoms with Crippen molar-refractivity contribution in [2.75, 3.05) is 40.4 Å². The Kier molecular flexibility index (Phi) is 11.6. The van der Waals surface area contributed by atoms with E-state index >= 15 is 0 Å². The van der Waals surface area contributed by atoms with E-state index in [9.17, 15) is 4.79 Å². The molecule has 1 aliphatic heterocycles. The normalized spacial score (nSPS) is 16.1. The molecule has 0 aliphatic carbocycles. The molecule has 2 N–H and O–H groups in total. The first-order valence-electron chi connectivity index (χ1n) is 9.23. The highest BCUT2D eigenvalue weighted by atomic mass is 127. The maximum atomic E-state index is 11.6. The number of nitrogens with one attached hydrogen (secondary N) is 2. The highest BCUT2D eigenvalue weighted by Gasteiger charge is 2.23. The van der Waals surface area contributed by atoms with E-state index < -0.39 is 0 Å².